The van der Waals surface area contributed by atoms with E-state index in [1.807, 2.05) is 37.5 Å². The highest BCUT2D eigenvalue weighted by Crippen LogP contribution is 2.18. The van der Waals surface area contributed by atoms with Crippen molar-refractivity contribution in [2.24, 2.45) is 0 Å². The molecule has 0 amide bonds. The van der Waals surface area contributed by atoms with Gasteiger partial charge in [0.1, 0.15) is 5.69 Å². The second-order valence-corrected chi connectivity index (χ2v) is 4.76. The van der Waals surface area contributed by atoms with Crippen LogP contribution in [0.5, 0.6) is 0 Å². The highest BCUT2D eigenvalue weighted by atomic mass is 16.5. The highest BCUT2D eigenvalue weighted by Gasteiger charge is 2.15. The molecule has 0 bridgehead atoms. The van der Waals surface area contributed by atoms with Gasteiger partial charge in [-0.2, -0.15) is 0 Å². The Morgan fingerprint density at radius 1 is 1.50 bits per heavy atom. The number of methoxy groups -OCH3 is 1. The average molecular weight is 273 g/mol. The van der Waals surface area contributed by atoms with E-state index in [9.17, 15) is 4.79 Å². The van der Waals surface area contributed by atoms with Gasteiger partial charge < -0.3 is 9.72 Å². The molecule has 2 aromatic rings. The van der Waals surface area contributed by atoms with Gasteiger partial charge in [-0.3, -0.25) is 9.88 Å². The van der Waals surface area contributed by atoms with Gasteiger partial charge in [-0.25, -0.2) is 4.79 Å². The van der Waals surface area contributed by atoms with E-state index in [0.29, 0.717) is 5.69 Å². The number of nitrogens with zero attached hydrogens (tertiary/aromatic N) is 2. The predicted octanol–water partition coefficient (Wildman–Crippen LogP) is 2.39. The number of hydrogen-bond acceptors (Lipinski definition) is 4. The molecular formula is C15H19N3O2. The van der Waals surface area contributed by atoms with Crippen molar-refractivity contribution >= 4 is 5.97 Å². The molecular weight excluding hydrogens is 254 g/mol. The largest absolute Gasteiger partial charge is 0.464 e. The zero-order valence-corrected chi connectivity index (χ0v) is 12.0. The molecule has 2 rings (SSSR count). The topological polar surface area (TPSA) is 58.2 Å². The van der Waals surface area contributed by atoms with Gasteiger partial charge in [0.05, 0.1) is 12.8 Å². The molecule has 1 N–H and O–H groups in total. The maximum Gasteiger partial charge on any atom is 0.354 e. The molecule has 2 heterocycles. The minimum atomic E-state index is -0.350. The predicted molar refractivity (Wildman–Crippen MR) is 76.3 cm³/mol. The van der Waals surface area contributed by atoms with E-state index >= 15 is 0 Å². The van der Waals surface area contributed by atoms with Crippen LogP contribution in [0.3, 0.4) is 0 Å². The van der Waals surface area contributed by atoms with Crippen molar-refractivity contribution in [3.05, 3.63) is 53.6 Å². The van der Waals surface area contributed by atoms with Gasteiger partial charge in [-0.15, -0.1) is 0 Å². The first kappa shape index (κ1) is 14.3. The number of nitrogens with one attached hydrogen (secondary N) is 1. The molecule has 0 aromatic carbocycles. The van der Waals surface area contributed by atoms with Gasteiger partial charge in [-0.1, -0.05) is 6.07 Å². The van der Waals surface area contributed by atoms with Crippen LogP contribution in [0.2, 0.25) is 0 Å². The van der Waals surface area contributed by atoms with E-state index in [2.05, 4.69) is 26.5 Å². The van der Waals surface area contributed by atoms with Crippen molar-refractivity contribution in [3.63, 3.8) is 0 Å². The molecule has 0 saturated heterocycles. The van der Waals surface area contributed by atoms with Crippen LogP contribution < -0.4 is 0 Å². The third-order valence-electron chi connectivity index (χ3n) is 3.36. The molecule has 20 heavy (non-hydrogen) atoms. The quantitative estimate of drug-likeness (QED) is 0.850. The Balaban J connectivity index is 2.02. The van der Waals surface area contributed by atoms with E-state index in [-0.39, 0.29) is 12.0 Å². The van der Waals surface area contributed by atoms with E-state index < -0.39 is 0 Å². The Kier molecular flexibility index (Phi) is 4.53. The lowest BCUT2D eigenvalue weighted by atomic mass is 10.1. The summed E-state index contributed by atoms with van der Waals surface area (Å²) in [5.41, 5.74) is 2.54. The van der Waals surface area contributed by atoms with Gasteiger partial charge in [0, 0.05) is 25.0 Å². The second-order valence-electron chi connectivity index (χ2n) is 4.76. The highest BCUT2D eigenvalue weighted by molar-refractivity contribution is 5.87. The van der Waals surface area contributed by atoms with Crippen LogP contribution >= 0.6 is 0 Å². The number of hydrogen-bond donors (Lipinski definition) is 1. The molecule has 1 unspecified atom stereocenters. The lowest BCUT2D eigenvalue weighted by Crippen LogP contribution is -2.22. The molecule has 0 aliphatic carbocycles. The van der Waals surface area contributed by atoms with Crippen molar-refractivity contribution in [2.45, 2.75) is 19.5 Å². The Labute approximate surface area is 118 Å². The Hall–Kier alpha value is -2.14. The summed E-state index contributed by atoms with van der Waals surface area (Å²) in [5.74, 6) is -0.350. The van der Waals surface area contributed by atoms with Gasteiger partial charge in [0.15, 0.2) is 0 Å². The number of pyridine rings is 1. The summed E-state index contributed by atoms with van der Waals surface area (Å²) in [6.45, 7) is 2.83. The van der Waals surface area contributed by atoms with E-state index in [0.717, 1.165) is 17.8 Å². The molecule has 5 heteroatoms. The number of esters is 1. The number of aromatic nitrogens is 2. The van der Waals surface area contributed by atoms with Crippen LogP contribution in [-0.2, 0) is 11.3 Å². The molecule has 0 fully saturated rings. The van der Waals surface area contributed by atoms with Gasteiger partial charge in [0.2, 0.25) is 0 Å². The molecule has 0 saturated carbocycles. The summed E-state index contributed by atoms with van der Waals surface area (Å²) in [6, 6.07) is 7.92. The van der Waals surface area contributed by atoms with Crippen molar-refractivity contribution < 1.29 is 9.53 Å². The summed E-state index contributed by atoms with van der Waals surface area (Å²) in [4.78, 5) is 20.9. The fraction of sp³-hybridized carbons (Fsp3) is 0.333. The van der Waals surface area contributed by atoms with Crippen molar-refractivity contribution in [1.82, 2.24) is 14.9 Å². The number of H-pyrrole nitrogens is 1. The van der Waals surface area contributed by atoms with Crippen LogP contribution in [0.15, 0.2) is 36.7 Å². The summed E-state index contributed by atoms with van der Waals surface area (Å²) >= 11 is 0. The molecule has 106 valence electrons. The molecule has 0 radical (unpaired) electrons. The summed E-state index contributed by atoms with van der Waals surface area (Å²) in [7, 11) is 3.41. The number of carbonyl (C=O) groups is 1. The molecule has 5 nitrogen and oxygen atoms in total. The van der Waals surface area contributed by atoms with Crippen molar-refractivity contribution in [3.8, 4) is 0 Å². The van der Waals surface area contributed by atoms with Gasteiger partial charge in [0.25, 0.3) is 0 Å². The number of aromatic amines is 1. The maximum atomic E-state index is 11.4. The number of rotatable bonds is 5. The standard InChI is InChI=1S/C15H19N3O2/c1-11(13-6-4-5-7-16-13)18(2)10-12-8-14(17-9-12)15(19)20-3/h4-9,11,17H,10H2,1-3H3. The van der Waals surface area contributed by atoms with Crippen LogP contribution in [0, 0.1) is 0 Å². The Morgan fingerprint density at radius 2 is 2.30 bits per heavy atom. The van der Waals surface area contributed by atoms with Gasteiger partial charge >= 0.3 is 5.97 Å². The third-order valence-corrected chi connectivity index (χ3v) is 3.36. The van der Waals surface area contributed by atoms with E-state index in [1.165, 1.54) is 7.11 Å². The van der Waals surface area contributed by atoms with Crippen LogP contribution in [0.4, 0.5) is 0 Å². The maximum absolute atomic E-state index is 11.4. The zero-order chi connectivity index (χ0) is 14.5. The zero-order valence-electron chi connectivity index (χ0n) is 12.0. The third kappa shape index (κ3) is 3.24. The lowest BCUT2D eigenvalue weighted by molar-refractivity contribution is 0.0595. The normalized spacial score (nSPS) is 12.4. The smallest absolute Gasteiger partial charge is 0.354 e. The number of ether oxygens (including phenoxy) is 1. The van der Waals surface area contributed by atoms with Crippen LogP contribution in [0.25, 0.3) is 0 Å². The minimum Gasteiger partial charge on any atom is -0.464 e. The average Bonchev–Trinajstić information content (AvgIpc) is 2.95. The minimum absolute atomic E-state index is 0.202. The summed E-state index contributed by atoms with van der Waals surface area (Å²) in [6.07, 6.45) is 3.62. The SMILES string of the molecule is COC(=O)c1cc(CN(C)C(C)c2ccccn2)c[nH]1. The van der Waals surface area contributed by atoms with Crippen LogP contribution in [0.1, 0.15) is 34.7 Å². The van der Waals surface area contributed by atoms with Gasteiger partial charge in [-0.05, 0) is 37.7 Å². The van der Waals surface area contributed by atoms with E-state index in [1.54, 1.807) is 6.20 Å². The second kappa shape index (κ2) is 6.34. The van der Waals surface area contributed by atoms with Crippen LogP contribution in [-0.4, -0.2) is 35.0 Å². The first-order valence-electron chi connectivity index (χ1n) is 6.48. The van der Waals surface area contributed by atoms with E-state index in [4.69, 9.17) is 0 Å². The Bertz CT molecular complexity index is 566. The van der Waals surface area contributed by atoms with Crippen molar-refractivity contribution in [1.29, 1.82) is 0 Å². The summed E-state index contributed by atoms with van der Waals surface area (Å²) < 4.78 is 4.68. The molecule has 0 aliphatic heterocycles. The Morgan fingerprint density at radius 3 is 2.95 bits per heavy atom. The van der Waals surface area contributed by atoms with Crippen molar-refractivity contribution in [2.75, 3.05) is 14.2 Å². The molecule has 1 atom stereocenters. The fourth-order valence-corrected chi connectivity index (χ4v) is 2.03. The first-order chi connectivity index (χ1) is 9.61. The lowest BCUT2D eigenvalue weighted by Gasteiger charge is -2.23. The summed E-state index contributed by atoms with van der Waals surface area (Å²) in [5, 5.41) is 0. The number of carbonyl (C=O) groups excluding carboxylic acids is 1. The monoisotopic (exact) mass is 273 g/mol. The molecule has 0 spiro atoms. The first-order valence-corrected chi connectivity index (χ1v) is 6.48. The molecule has 0 aliphatic rings. The fourth-order valence-electron chi connectivity index (χ4n) is 2.03. The molecule has 2 aromatic heterocycles.